The molecular weight excluding hydrogens is 402 g/mol. The zero-order valence-electron chi connectivity index (χ0n) is 17.2. The van der Waals surface area contributed by atoms with E-state index in [1.807, 2.05) is 32.0 Å². The van der Waals surface area contributed by atoms with E-state index in [4.69, 9.17) is 11.6 Å². The van der Waals surface area contributed by atoms with E-state index in [0.717, 1.165) is 48.9 Å². The number of benzene rings is 1. The second-order valence-electron chi connectivity index (χ2n) is 9.73. The van der Waals surface area contributed by atoms with Crippen LogP contribution in [0.15, 0.2) is 29.2 Å². The molecule has 7 heteroatoms. The smallest absolute Gasteiger partial charge is 0.309 e. The molecule has 4 aliphatic carbocycles. The number of carboxylic acid groups (broad SMARTS) is 1. The quantitative estimate of drug-likeness (QED) is 0.742. The van der Waals surface area contributed by atoms with Crippen molar-refractivity contribution in [3.63, 3.8) is 0 Å². The summed E-state index contributed by atoms with van der Waals surface area (Å²) >= 11 is 6.53. The Balaban J connectivity index is 1.54. The van der Waals surface area contributed by atoms with Gasteiger partial charge in [0.1, 0.15) is 5.02 Å². The number of halogens is 1. The van der Waals surface area contributed by atoms with Gasteiger partial charge in [-0.1, -0.05) is 23.7 Å². The molecule has 4 aliphatic rings. The molecule has 2 N–H and O–H groups in total. The van der Waals surface area contributed by atoms with Gasteiger partial charge in [-0.15, -0.1) is 0 Å². The second-order valence-corrected chi connectivity index (χ2v) is 10.1. The number of aryl methyl sites for hydroxylation is 1. The van der Waals surface area contributed by atoms with E-state index in [9.17, 15) is 14.7 Å². The average molecular weight is 428 g/mol. The zero-order chi connectivity index (χ0) is 21.3. The Bertz CT molecular complexity index is 1100. The van der Waals surface area contributed by atoms with Crippen LogP contribution in [0.3, 0.4) is 0 Å². The standard InChI is InChI=1S/C23H26ClN3O3/c1-13-4-3-5-17(14(13)2)26-18-11-25-27(20(28)19(18)24)23-9-15-6-16(10-23)8-22(7-15,12-23)21(29)30/h3-5,11,15-16,26H,6-10,12H2,1-2H3,(H,29,30)/t15-,16+,22?,23?. The zero-order valence-corrected chi connectivity index (χ0v) is 18.0. The van der Waals surface area contributed by atoms with Crippen LogP contribution < -0.4 is 10.9 Å². The third kappa shape index (κ3) is 2.80. The highest BCUT2D eigenvalue weighted by Crippen LogP contribution is 2.63. The SMILES string of the molecule is Cc1cccc(Nc2cnn(C34C[C@@H]5C[C@@H](CC(C(=O)O)(C5)C3)C4)c(=O)c2Cl)c1C. The Morgan fingerprint density at radius 3 is 2.57 bits per heavy atom. The molecule has 1 aromatic carbocycles. The van der Waals surface area contributed by atoms with Gasteiger partial charge in [-0.05, 0) is 81.4 Å². The van der Waals surface area contributed by atoms with Crippen molar-refractivity contribution in [1.82, 2.24) is 9.78 Å². The van der Waals surface area contributed by atoms with Gasteiger partial charge in [0.2, 0.25) is 0 Å². The summed E-state index contributed by atoms with van der Waals surface area (Å²) in [6, 6.07) is 5.93. The Morgan fingerprint density at radius 2 is 1.90 bits per heavy atom. The average Bonchev–Trinajstić information content (AvgIpc) is 2.67. The molecule has 4 fully saturated rings. The summed E-state index contributed by atoms with van der Waals surface area (Å²) in [5.41, 5.74) is 1.98. The molecule has 0 saturated heterocycles. The number of nitrogens with one attached hydrogen (secondary N) is 1. The van der Waals surface area contributed by atoms with Gasteiger partial charge in [-0.2, -0.15) is 5.10 Å². The van der Waals surface area contributed by atoms with Crippen molar-refractivity contribution < 1.29 is 9.90 Å². The van der Waals surface area contributed by atoms with Crippen LogP contribution >= 0.6 is 11.6 Å². The Hall–Kier alpha value is -2.34. The fraction of sp³-hybridized carbons (Fsp3) is 0.522. The third-order valence-corrected chi connectivity index (χ3v) is 8.09. The predicted octanol–water partition coefficient (Wildman–Crippen LogP) is 4.64. The number of carboxylic acids is 1. The van der Waals surface area contributed by atoms with Crippen LogP contribution in [0.5, 0.6) is 0 Å². The molecule has 0 aliphatic heterocycles. The number of anilines is 2. The molecule has 4 atom stereocenters. The van der Waals surface area contributed by atoms with Gasteiger partial charge < -0.3 is 10.4 Å². The number of aromatic nitrogens is 2. The summed E-state index contributed by atoms with van der Waals surface area (Å²) in [7, 11) is 0. The van der Waals surface area contributed by atoms with Gasteiger partial charge in [-0.3, -0.25) is 9.59 Å². The highest BCUT2D eigenvalue weighted by atomic mass is 35.5. The number of hydrogen-bond donors (Lipinski definition) is 2. The van der Waals surface area contributed by atoms with Crippen molar-refractivity contribution in [3.8, 4) is 0 Å². The van der Waals surface area contributed by atoms with E-state index in [1.54, 1.807) is 6.20 Å². The minimum atomic E-state index is -0.729. The molecule has 158 valence electrons. The van der Waals surface area contributed by atoms with Crippen molar-refractivity contribution >= 4 is 28.9 Å². The number of aliphatic carboxylic acids is 1. The van der Waals surface area contributed by atoms with Gasteiger partial charge in [-0.25, -0.2) is 4.68 Å². The first kappa shape index (κ1) is 19.6. The molecule has 0 amide bonds. The lowest BCUT2D eigenvalue weighted by molar-refractivity contribution is -0.173. The van der Waals surface area contributed by atoms with Crippen LogP contribution in [0.25, 0.3) is 0 Å². The summed E-state index contributed by atoms with van der Waals surface area (Å²) < 4.78 is 1.51. The maximum Gasteiger partial charge on any atom is 0.309 e. The minimum Gasteiger partial charge on any atom is -0.481 e. The number of carbonyl (C=O) groups is 1. The first-order valence-electron chi connectivity index (χ1n) is 10.6. The van der Waals surface area contributed by atoms with Crippen LogP contribution in [0.2, 0.25) is 5.02 Å². The van der Waals surface area contributed by atoms with Gasteiger partial charge in [0, 0.05) is 5.69 Å². The van der Waals surface area contributed by atoms with Crippen molar-refractivity contribution in [1.29, 1.82) is 0 Å². The van der Waals surface area contributed by atoms with Gasteiger partial charge in [0.15, 0.2) is 0 Å². The normalized spacial score (nSPS) is 31.7. The molecule has 4 bridgehead atoms. The maximum absolute atomic E-state index is 13.3. The molecule has 1 heterocycles. The fourth-order valence-corrected chi connectivity index (χ4v) is 6.78. The molecule has 2 unspecified atom stereocenters. The molecule has 0 radical (unpaired) electrons. The first-order chi connectivity index (χ1) is 14.2. The topological polar surface area (TPSA) is 84.2 Å². The van der Waals surface area contributed by atoms with Crippen LogP contribution in [0, 0.1) is 31.1 Å². The molecule has 6 nitrogen and oxygen atoms in total. The van der Waals surface area contributed by atoms with E-state index in [-0.39, 0.29) is 10.6 Å². The van der Waals surface area contributed by atoms with Gasteiger partial charge >= 0.3 is 5.97 Å². The number of hydrogen-bond acceptors (Lipinski definition) is 4. The lowest BCUT2D eigenvalue weighted by Crippen LogP contribution is -2.61. The van der Waals surface area contributed by atoms with Gasteiger partial charge in [0.25, 0.3) is 5.56 Å². The van der Waals surface area contributed by atoms with Crippen molar-refractivity contribution in [2.45, 2.75) is 57.9 Å². The summed E-state index contributed by atoms with van der Waals surface area (Å²) in [5.74, 6) is -0.0570. The largest absolute Gasteiger partial charge is 0.481 e. The molecule has 6 rings (SSSR count). The highest BCUT2D eigenvalue weighted by molar-refractivity contribution is 6.33. The number of nitrogens with zero attached hydrogens (tertiary/aromatic N) is 2. The molecule has 4 saturated carbocycles. The predicted molar refractivity (Wildman–Crippen MR) is 115 cm³/mol. The van der Waals surface area contributed by atoms with E-state index in [0.29, 0.717) is 23.9 Å². The Morgan fingerprint density at radius 1 is 1.20 bits per heavy atom. The summed E-state index contributed by atoms with van der Waals surface area (Å²) in [6.45, 7) is 4.05. The first-order valence-corrected chi connectivity index (χ1v) is 11.0. The summed E-state index contributed by atoms with van der Waals surface area (Å²) in [5, 5.41) is 17.9. The van der Waals surface area contributed by atoms with Crippen molar-refractivity contribution in [2.75, 3.05) is 5.32 Å². The molecule has 0 spiro atoms. The Labute approximate surface area is 180 Å². The van der Waals surface area contributed by atoms with Crippen LogP contribution in [0.4, 0.5) is 11.4 Å². The van der Waals surface area contributed by atoms with Crippen molar-refractivity contribution in [2.24, 2.45) is 17.3 Å². The van der Waals surface area contributed by atoms with Crippen molar-refractivity contribution in [3.05, 3.63) is 50.9 Å². The highest BCUT2D eigenvalue weighted by Gasteiger charge is 2.62. The van der Waals surface area contributed by atoms with Crippen LogP contribution in [0.1, 0.15) is 49.7 Å². The van der Waals surface area contributed by atoms with E-state index in [2.05, 4.69) is 10.4 Å². The van der Waals surface area contributed by atoms with Crippen LogP contribution in [-0.4, -0.2) is 20.9 Å². The van der Waals surface area contributed by atoms with E-state index in [1.165, 1.54) is 4.68 Å². The van der Waals surface area contributed by atoms with E-state index >= 15 is 0 Å². The lowest BCUT2D eigenvalue weighted by Gasteiger charge is -2.60. The minimum absolute atomic E-state index is 0.103. The number of rotatable bonds is 4. The maximum atomic E-state index is 13.3. The Kier molecular flexibility index (Phi) is 4.30. The lowest BCUT2D eigenvalue weighted by atomic mass is 9.47. The molecular formula is C23H26ClN3O3. The molecule has 1 aromatic heterocycles. The third-order valence-electron chi connectivity index (χ3n) is 7.73. The van der Waals surface area contributed by atoms with Gasteiger partial charge in [0.05, 0.1) is 22.8 Å². The fourth-order valence-electron chi connectivity index (χ4n) is 6.60. The summed E-state index contributed by atoms with van der Waals surface area (Å²) in [4.78, 5) is 25.5. The summed E-state index contributed by atoms with van der Waals surface area (Å²) in [6.07, 6.45) is 6.19. The molecule has 2 aromatic rings. The monoisotopic (exact) mass is 427 g/mol. The van der Waals surface area contributed by atoms with Crippen LogP contribution in [-0.2, 0) is 10.3 Å². The van der Waals surface area contributed by atoms with E-state index < -0.39 is 16.9 Å². The molecule has 30 heavy (non-hydrogen) atoms. The second kappa shape index (κ2) is 6.58.